The summed E-state index contributed by atoms with van der Waals surface area (Å²) in [5, 5.41) is 3.09. The van der Waals surface area contributed by atoms with Crippen molar-refractivity contribution in [3.05, 3.63) is 24.3 Å². The van der Waals surface area contributed by atoms with Crippen LogP contribution in [0.1, 0.15) is 18.7 Å². The first-order valence-corrected chi connectivity index (χ1v) is 3.27. The SMILES string of the molecule is CN[C@H](C)c1ccncn1. The molecule has 0 spiro atoms. The fraction of sp³-hybridized carbons (Fsp3) is 0.429. The van der Waals surface area contributed by atoms with Crippen molar-refractivity contribution in [2.75, 3.05) is 7.05 Å². The third kappa shape index (κ3) is 1.51. The zero-order valence-corrected chi connectivity index (χ0v) is 6.20. The smallest absolute Gasteiger partial charge is 0.115 e. The lowest BCUT2D eigenvalue weighted by molar-refractivity contribution is 0.630. The van der Waals surface area contributed by atoms with Gasteiger partial charge in [-0.15, -0.1) is 0 Å². The molecule has 0 aromatic carbocycles. The highest BCUT2D eigenvalue weighted by atomic mass is 14.9. The molecule has 3 nitrogen and oxygen atoms in total. The fourth-order valence-electron chi connectivity index (χ4n) is 0.705. The minimum Gasteiger partial charge on any atom is -0.312 e. The summed E-state index contributed by atoms with van der Waals surface area (Å²) in [5.74, 6) is 0. The Kier molecular flexibility index (Phi) is 2.34. The average Bonchev–Trinajstić information content (AvgIpc) is 2.05. The van der Waals surface area contributed by atoms with Crippen LogP contribution in [0.3, 0.4) is 0 Å². The van der Waals surface area contributed by atoms with E-state index in [4.69, 9.17) is 0 Å². The Bertz CT molecular complexity index is 185. The van der Waals surface area contributed by atoms with Crippen LogP contribution in [0.5, 0.6) is 0 Å². The van der Waals surface area contributed by atoms with Gasteiger partial charge in [-0.1, -0.05) is 0 Å². The lowest BCUT2D eigenvalue weighted by atomic mass is 10.2. The average molecular weight is 137 g/mol. The van der Waals surface area contributed by atoms with Gasteiger partial charge in [-0.2, -0.15) is 0 Å². The Balaban J connectivity index is 2.75. The molecule has 54 valence electrons. The van der Waals surface area contributed by atoms with Gasteiger partial charge in [0, 0.05) is 12.2 Å². The predicted octanol–water partition coefficient (Wildman–Crippen LogP) is 0.757. The van der Waals surface area contributed by atoms with Crippen molar-refractivity contribution in [3.8, 4) is 0 Å². The molecule has 0 radical (unpaired) electrons. The van der Waals surface area contributed by atoms with Gasteiger partial charge >= 0.3 is 0 Å². The van der Waals surface area contributed by atoms with Crippen LogP contribution in [0, 0.1) is 0 Å². The highest BCUT2D eigenvalue weighted by molar-refractivity contribution is 5.02. The number of nitrogens with one attached hydrogen (secondary N) is 1. The minimum absolute atomic E-state index is 0.308. The summed E-state index contributed by atoms with van der Waals surface area (Å²) in [4.78, 5) is 7.90. The molecule has 1 heterocycles. The molecular weight excluding hydrogens is 126 g/mol. The van der Waals surface area contributed by atoms with E-state index >= 15 is 0 Å². The van der Waals surface area contributed by atoms with Gasteiger partial charge in [0.15, 0.2) is 0 Å². The van der Waals surface area contributed by atoms with E-state index in [9.17, 15) is 0 Å². The van der Waals surface area contributed by atoms with Gasteiger partial charge in [-0.3, -0.25) is 0 Å². The molecule has 0 bridgehead atoms. The Morgan fingerprint density at radius 2 is 2.40 bits per heavy atom. The van der Waals surface area contributed by atoms with Crippen molar-refractivity contribution in [2.45, 2.75) is 13.0 Å². The second kappa shape index (κ2) is 3.27. The lowest BCUT2D eigenvalue weighted by Gasteiger charge is -2.06. The Morgan fingerprint density at radius 1 is 1.60 bits per heavy atom. The van der Waals surface area contributed by atoms with Crippen LogP contribution in [0.2, 0.25) is 0 Å². The van der Waals surface area contributed by atoms with Gasteiger partial charge in [0.1, 0.15) is 6.33 Å². The first-order chi connectivity index (χ1) is 4.84. The zero-order chi connectivity index (χ0) is 7.40. The standard InChI is InChI=1S/C7H11N3/c1-6(8-2)7-3-4-9-5-10-7/h3-6,8H,1-2H3/t6-/m1/s1. The lowest BCUT2D eigenvalue weighted by Crippen LogP contribution is -2.13. The van der Waals surface area contributed by atoms with E-state index in [-0.39, 0.29) is 0 Å². The quantitative estimate of drug-likeness (QED) is 0.653. The molecule has 0 saturated carbocycles. The molecule has 1 atom stereocenters. The maximum absolute atomic E-state index is 4.08. The topological polar surface area (TPSA) is 37.8 Å². The molecule has 0 fully saturated rings. The van der Waals surface area contributed by atoms with Gasteiger partial charge in [0.05, 0.1) is 5.69 Å². The summed E-state index contributed by atoms with van der Waals surface area (Å²) in [5.41, 5.74) is 1.03. The molecule has 0 aliphatic carbocycles. The third-order valence-electron chi connectivity index (χ3n) is 1.48. The first-order valence-electron chi connectivity index (χ1n) is 3.27. The van der Waals surface area contributed by atoms with Crippen LogP contribution in [0.25, 0.3) is 0 Å². The molecule has 1 rings (SSSR count). The van der Waals surface area contributed by atoms with Crippen LogP contribution < -0.4 is 5.32 Å². The van der Waals surface area contributed by atoms with Crippen LogP contribution in [0.4, 0.5) is 0 Å². The van der Waals surface area contributed by atoms with Crippen molar-refractivity contribution in [1.82, 2.24) is 15.3 Å². The second-order valence-electron chi connectivity index (χ2n) is 2.14. The summed E-state index contributed by atoms with van der Waals surface area (Å²) in [6, 6.07) is 2.21. The van der Waals surface area contributed by atoms with E-state index in [1.807, 2.05) is 13.1 Å². The molecule has 3 heteroatoms. The van der Waals surface area contributed by atoms with E-state index in [0.29, 0.717) is 6.04 Å². The molecule has 1 N–H and O–H groups in total. The molecule has 0 amide bonds. The van der Waals surface area contributed by atoms with E-state index in [1.54, 1.807) is 12.5 Å². The van der Waals surface area contributed by atoms with E-state index in [0.717, 1.165) is 5.69 Å². The Morgan fingerprint density at radius 3 is 2.90 bits per heavy atom. The zero-order valence-electron chi connectivity index (χ0n) is 6.20. The number of nitrogens with zero attached hydrogens (tertiary/aromatic N) is 2. The van der Waals surface area contributed by atoms with Crippen molar-refractivity contribution in [2.24, 2.45) is 0 Å². The number of hydrogen-bond acceptors (Lipinski definition) is 3. The summed E-state index contributed by atoms with van der Waals surface area (Å²) in [6.45, 7) is 2.06. The Labute approximate surface area is 60.5 Å². The minimum atomic E-state index is 0.308. The summed E-state index contributed by atoms with van der Waals surface area (Å²) >= 11 is 0. The highest BCUT2D eigenvalue weighted by Crippen LogP contribution is 2.04. The summed E-state index contributed by atoms with van der Waals surface area (Å²) in [6.07, 6.45) is 3.30. The van der Waals surface area contributed by atoms with Crippen LogP contribution in [0.15, 0.2) is 18.6 Å². The van der Waals surface area contributed by atoms with Crippen molar-refractivity contribution in [1.29, 1.82) is 0 Å². The van der Waals surface area contributed by atoms with Gasteiger partial charge in [-0.05, 0) is 20.0 Å². The Hall–Kier alpha value is -0.960. The molecular formula is C7H11N3. The van der Waals surface area contributed by atoms with Gasteiger partial charge in [0.25, 0.3) is 0 Å². The number of aromatic nitrogens is 2. The normalized spacial score (nSPS) is 13.0. The molecule has 0 unspecified atom stereocenters. The molecule has 1 aromatic heterocycles. The molecule has 0 saturated heterocycles. The van der Waals surface area contributed by atoms with E-state index < -0.39 is 0 Å². The first kappa shape index (κ1) is 7.15. The molecule has 10 heavy (non-hydrogen) atoms. The maximum atomic E-state index is 4.08. The van der Waals surface area contributed by atoms with Crippen LogP contribution in [-0.2, 0) is 0 Å². The van der Waals surface area contributed by atoms with Crippen molar-refractivity contribution < 1.29 is 0 Å². The van der Waals surface area contributed by atoms with Crippen molar-refractivity contribution >= 4 is 0 Å². The monoisotopic (exact) mass is 137 g/mol. The van der Waals surface area contributed by atoms with Gasteiger partial charge < -0.3 is 5.32 Å². The number of rotatable bonds is 2. The third-order valence-corrected chi connectivity index (χ3v) is 1.48. The van der Waals surface area contributed by atoms with Crippen LogP contribution >= 0.6 is 0 Å². The van der Waals surface area contributed by atoms with Gasteiger partial charge in [-0.25, -0.2) is 9.97 Å². The molecule has 1 aromatic rings. The molecule has 0 aliphatic heterocycles. The van der Waals surface area contributed by atoms with E-state index in [2.05, 4.69) is 22.2 Å². The van der Waals surface area contributed by atoms with Crippen LogP contribution in [-0.4, -0.2) is 17.0 Å². The second-order valence-corrected chi connectivity index (χ2v) is 2.14. The van der Waals surface area contributed by atoms with E-state index in [1.165, 1.54) is 0 Å². The highest BCUT2D eigenvalue weighted by Gasteiger charge is 2.00. The predicted molar refractivity (Wildman–Crippen MR) is 39.5 cm³/mol. The largest absolute Gasteiger partial charge is 0.312 e. The summed E-state index contributed by atoms with van der Waals surface area (Å²) in [7, 11) is 1.91. The summed E-state index contributed by atoms with van der Waals surface area (Å²) < 4.78 is 0. The van der Waals surface area contributed by atoms with Gasteiger partial charge in [0.2, 0.25) is 0 Å². The maximum Gasteiger partial charge on any atom is 0.115 e. The van der Waals surface area contributed by atoms with Crippen molar-refractivity contribution in [3.63, 3.8) is 0 Å². The number of hydrogen-bond donors (Lipinski definition) is 1. The molecule has 0 aliphatic rings. The fourth-order valence-corrected chi connectivity index (χ4v) is 0.705.